The SMILES string of the molecule is CN=C(NCC1CC(=O)Nc2ccccc21)NCC(C)(C)N1CCc2ccccc2C1.I. The van der Waals surface area contributed by atoms with Gasteiger partial charge in [-0.15, -0.1) is 24.0 Å². The van der Waals surface area contributed by atoms with Crippen molar-refractivity contribution in [2.75, 3.05) is 32.0 Å². The summed E-state index contributed by atoms with van der Waals surface area (Å²) in [5, 5.41) is 9.90. The molecule has 0 spiro atoms. The van der Waals surface area contributed by atoms with Gasteiger partial charge in [0.25, 0.3) is 0 Å². The zero-order valence-electron chi connectivity index (χ0n) is 19.1. The Hall–Kier alpha value is -2.13. The summed E-state index contributed by atoms with van der Waals surface area (Å²) < 4.78 is 0. The van der Waals surface area contributed by atoms with E-state index >= 15 is 0 Å². The van der Waals surface area contributed by atoms with Gasteiger partial charge in [-0.2, -0.15) is 0 Å². The Bertz CT molecular complexity index is 974. The molecule has 0 saturated heterocycles. The molecule has 1 atom stereocenters. The number of para-hydroxylation sites is 1. The van der Waals surface area contributed by atoms with Crippen LogP contribution in [-0.4, -0.2) is 49.0 Å². The third-order valence-electron chi connectivity index (χ3n) is 6.52. The van der Waals surface area contributed by atoms with Crippen LogP contribution < -0.4 is 16.0 Å². The summed E-state index contributed by atoms with van der Waals surface area (Å²) in [5.74, 6) is 0.976. The van der Waals surface area contributed by atoms with Crippen molar-refractivity contribution in [1.29, 1.82) is 0 Å². The number of anilines is 1. The highest BCUT2D eigenvalue weighted by atomic mass is 127. The molecule has 2 aliphatic heterocycles. The van der Waals surface area contributed by atoms with E-state index < -0.39 is 0 Å². The van der Waals surface area contributed by atoms with Crippen molar-refractivity contribution in [1.82, 2.24) is 15.5 Å². The lowest BCUT2D eigenvalue weighted by atomic mass is 9.90. The van der Waals surface area contributed by atoms with Crippen LogP contribution in [0.2, 0.25) is 0 Å². The van der Waals surface area contributed by atoms with Gasteiger partial charge < -0.3 is 16.0 Å². The van der Waals surface area contributed by atoms with Crippen LogP contribution >= 0.6 is 24.0 Å². The van der Waals surface area contributed by atoms with Crippen molar-refractivity contribution in [2.45, 2.75) is 44.7 Å². The number of carbonyl (C=O) groups is 1. The Morgan fingerprint density at radius 3 is 2.62 bits per heavy atom. The van der Waals surface area contributed by atoms with Crippen molar-refractivity contribution < 1.29 is 4.79 Å². The molecule has 32 heavy (non-hydrogen) atoms. The predicted molar refractivity (Wildman–Crippen MR) is 142 cm³/mol. The van der Waals surface area contributed by atoms with Crippen LogP contribution in [0.25, 0.3) is 0 Å². The van der Waals surface area contributed by atoms with E-state index in [2.05, 4.69) is 70.0 Å². The fraction of sp³-hybridized carbons (Fsp3) is 0.440. The number of guanidine groups is 1. The second-order valence-corrected chi connectivity index (χ2v) is 9.10. The number of benzene rings is 2. The van der Waals surface area contributed by atoms with Crippen LogP contribution in [0.3, 0.4) is 0 Å². The van der Waals surface area contributed by atoms with Crippen LogP contribution in [0.4, 0.5) is 5.69 Å². The first-order valence-corrected chi connectivity index (χ1v) is 11.1. The first-order chi connectivity index (χ1) is 15.0. The number of carbonyl (C=O) groups excluding carboxylic acids is 1. The van der Waals surface area contributed by atoms with Gasteiger partial charge in [0.05, 0.1) is 0 Å². The summed E-state index contributed by atoms with van der Waals surface area (Å²) in [6, 6.07) is 16.8. The molecule has 1 unspecified atom stereocenters. The molecule has 6 nitrogen and oxygen atoms in total. The van der Waals surface area contributed by atoms with Gasteiger partial charge in [0.15, 0.2) is 5.96 Å². The maximum absolute atomic E-state index is 12.1. The predicted octanol–water partition coefficient (Wildman–Crippen LogP) is 3.73. The zero-order valence-corrected chi connectivity index (χ0v) is 21.5. The Kier molecular flexibility index (Phi) is 8.16. The van der Waals surface area contributed by atoms with Gasteiger partial charge in [-0.05, 0) is 43.0 Å². The van der Waals surface area contributed by atoms with E-state index in [9.17, 15) is 4.79 Å². The monoisotopic (exact) mass is 547 g/mol. The van der Waals surface area contributed by atoms with Crippen LogP contribution in [0.5, 0.6) is 0 Å². The van der Waals surface area contributed by atoms with Gasteiger partial charge in [0.2, 0.25) is 5.91 Å². The minimum absolute atomic E-state index is 0. The molecule has 172 valence electrons. The number of hydrogen-bond donors (Lipinski definition) is 3. The zero-order chi connectivity index (χ0) is 21.8. The van der Waals surface area contributed by atoms with Crippen LogP contribution in [-0.2, 0) is 17.8 Å². The Morgan fingerprint density at radius 1 is 1.12 bits per heavy atom. The molecule has 2 heterocycles. The van der Waals surface area contributed by atoms with Gasteiger partial charge in [0, 0.05) is 56.8 Å². The number of nitrogens with one attached hydrogen (secondary N) is 3. The van der Waals surface area contributed by atoms with E-state index in [1.165, 1.54) is 16.7 Å². The topological polar surface area (TPSA) is 68.8 Å². The summed E-state index contributed by atoms with van der Waals surface area (Å²) in [5.41, 5.74) is 4.98. The van der Waals surface area contributed by atoms with E-state index in [1.807, 2.05) is 18.2 Å². The molecule has 1 amide bonds. The number of fused-ring (bicyclic) bond motifs is 2. The van der Waals surface area contributed by atoms with E-state index in [1.54, 1.807) is 7.05 Å². The molecule has 0 radical (unpaired) electrons. The number of amides is 1. The van der Waals surface area contributed by atoms with E-state index in [0.717, 1.165) is 37.7 Å². The molecule has 0 saturated carbocycles. The standard InChI is InChI=1S/C25H33N5O.HI/c1-25(2,30-13-12-18-8-4-5-9-19(18)16-30)17-28-24(26-3)27-15-20-14-23(31)29-22-11-7-6-10-21(20)22;/h4-11,20H,12-17H2,1-3H3,(H,29,31)(H2,26,27,28);1H. The minimum atomic E-state index is -0.0114. The fourth-order valence-corrected chi connectivity index (χ4v) is 4.55. The second kappa shape index (κ2) is 10.7. The van der Waals surface area contributed by atoms with Crippen molar-refractivity contribution in [3.05, 3.63) is 65.2 Å². The molecule has 0 bridgehead atoms. The number of halogens is 1. The number of hydrogen-bond acceptors (Lipinski definition) is 3. The Morgan fingerprint density at radius 2 is 1.84 bits per heavy atom. The number of aliphatic imine (C=N–C) groups is 1. The number of nitrogens with zero attached hydrogens (tertiary/aromatic N) is 2. The molecular formula is C25H34IN5O. The lowest BCUT2D eigenvalue weighted by molar-refractivity contribution is -0.116. The van der Waals surface area contributed by atoms with Crippen molar-refractivity contribution >= 4 is 41.5 Å². The van der Waals surface area contributed by atoms with Crippen LogP contribution in [0.15, 0.2) is 53.5 Å². The summed E-state index contributed by atoms with van der Waals surface area (Å²) in [7, 11) is 1.79. The van der Waals surface area contributed by atoms with Crippen LogP contribution in [0, 0.1) is 0 Å². The molecule has 3 N–H and O–H groups in total. The molecule has 0 aliphatic carbocycles. The van der Waals surface area contributed by atoms with E-state index in [4.69, 9.17) is 0 Å². The quantitative estimate of drug-likeness (QED) is 0.303. The third kappa shape index (κ3) is 5.61. The molecule has 2 aromatic carbocycles. The van der Waals surface area contributed by atoms with Gasteiger partial charge in [-0.1, -0.05) is 42.5 Å². The maximum atomic E-state index is 12.1. The van der Waals surface area contributed by atoms with Gasteiger partial charge in [0.1, 0.15) is 0 Å². The average molecular weight is 547 g/mol. The van der Waals surface area contributed by atoms with Gasteiger partial charge in [-0.25, -0.2) is 0 Å². The molecule has 4 rings (SSSR count). The lowest BCUT2D eigenvalue weighted by Crippen LogP contribution is -2.54. The first kappa shape index (κ1) is 24.5. The highest BCUT2D eigenvalue weighted by Crippen LogP contribution is 2.31. The molecular weight excluding hydrogens is 513 g/mol. The smallest absolute Gasteiger partial charge is 0.225 e. The minimum Gasteiger partial charge on any atom is -0.356 e. The summed E-state index contributed by atoms with van der Waals surface area (Å²) in [6.45, 7) is 8.06. The van der Waals surface area contributed by atoms with Crippen molar-refractivity contribution in [3.63, 3.8) is 0 Å². The fourth-order valence-electron chi connectivity index (χ4n) is 4.55. The lowest BCUT2D eigenvalue weighted by Gasteiger charge is -2.42. The molecule has 2 aromatic rings. The third-order valence-corrected chi connectivity index (χ3v) is 6.52. The molecule has 7 heteroatoms. The summed E-state index contributed by atoms with van der Waals surface area (Å²) >= 11 is 0. The molecule has 2 aliphatic rings. The highest BCUT2D eigenvalue weighted by Gasteiger charge is 2.30. The first-order valence-electron chi connectivity index (χ1n) is 11.1. The van der Waals surface area contributed by atoms with E-state index in [0.29, 0.717) is 13.0 Å². The molecule has 0 aromatic heterocycles. The maximum Gasteiger partial charge on any atom is 0.225 e. The average Bonchev–Trinajstić information content (AvgIpc) is 2.78. The van der Waals surface area contributed by atoms with E-state index in [-0.39, 0.29) is 41.3 Å². The largest absolute Gasteiger partial charge is 0.356 e. The summed E-state index contributed by atoms with van der Waals surface area (Å²) in [6.07, 6.45) is 1.58. The number of rotatable bonds is 5. The Balaban J connectivity index is 0.00000289. The highest BCUT2D eigenvalue weighted by molar-refractivity contribution is 14.0. The normalized spacial score (nSPS) is 18.7. The van der Waals surface area contributed by atoms with Gasteiger partial charge in [-0.3, -0.25) is 14.7 Å². The second-order valence-electron chi connectivity index (χ2n) is 9.10. The Labute approximate surface area is 208 Å². The molecule has 0 fully saturated rings. The summed E-state index contributed by atoms with van der Waals surface area (Å²) in [4.78, 5) is 19.0. The van der Waals surface area contributed by atoms with Gasteiger partial charge >= 0.3 is 0 Å². The van der Waals surface area contributed by atoms with Crippen molar-refractivity contribution in [2.24, 2.45) is 4.99 Å². The van der Waals surface area contributed by atoms with Crippen molar-refractivity contribution in [3.8, 4) is 0 Å². The van der Waals surface area contributed by atoms with Crippen LogP contribution in [0.1, 0.15) is 42.9 Å².